The fraction of sp³-hybridized carbons (Fsp3) is 0.133. The van der Waals surface area contributed by atoms with Crippen LogP contribution in [0.3, 0.4) is 0 Å². The Morgan fingerprint density at radius 2 is 2.08 bits per heavy atom. The molecule has 3 N–H and O–H groups in total. The van der Waals surface area contributed by atoms with E-state index < -0.39 is 23.6 Å². The summed E-state index contributed by atoms with van der Waals surface area (Å²) in [6.07, 6.45) is 0. The van der Waals surface area contributed by atoms with Gasteiger partial charge >= 0.3 is 6.03 Å². The standard InChI is InChI=1S/C15H12F2N4O2S2/c16-9-4-11-12(5-10(9)17)20-15(19-11)25-7-13(22)21-14(23)18-6-8-2-1-3-24-8/h1-5H,6-7H2,(H,19,20)(H2,18,21,22,23). The predicted octanol–water partition coefficient (Wildman–Crippen LogP) is 3.02. The number of nitrogens with one attached hydrogen (secondary N) is 3. The Morgan fingerprint density at radius 3 is 2.84 bits per heavy atom. The number of hydrogen-bond acceptors (Lipinski definition) is 5. The van der Waals surface area contributed by atoms with Gasteiger partial charge in [-0.1, -0.05) is 17.8 Å². The first-order chi connectivity index (χ1) is 12.0. The number of fused-ring (bicyclic) bond motifs is 1. The van der Waals surface area contributed by atoms with E-state index in [1.807, 2.05) is 17.5 Å². The molecule has 3 amide bonds. The normalized spacial score (nSPS) is 10.8. The van der Waals surface area contributed by atoms with Gasteiger partial charge in [-0.05, 0) is 11.4 Å². The van der Waals surface area contributed by atoms with Crippen LogP contribution in [0.2, 0.25) is 0 Å². The van der Waals surface area contributed by atoms with Gasteiger partial charge in [-0.25, -0.2) is 18.6 Å². The van der Waals surface area contributed by atoms with Crippen molar-refractivity contribution in [1.82, 2.24) is 20.6 Å². The summed E-state index contributed by atoms with van der Waals surface area (Å²) in [6, 6.07) is 5.12. The van der Waals surface area contributed by atoms with Gasteiger partial charge in [0.2, 0.25) is 5.91 Å². The zero-order valence-corrected chi connectivity index (χ0v) is 14.3. The minimum absolute atomic E-state index is 0.0722. The third-order valence-corrected chi connectivity index (χ3v) is 4.85. The van der Waals surface area contributed by atoms with Crippen LogP contribution in [0.15, 0.2) is 34.8 Å². The Labute approximate surface area is 149 Å². The number of carbonyl (C=O) groups is 2. The lowest BCUT2D eigenvalue weighted by Crippen LogP contribution is -2.39. The molecule has 0 spiro atoms. The quantitative estimate of drug-likeness (QED) is 0.592. The molecule has 6 nitrogen and oxygen atoms in total. The van der Waals surface area contributed by atoms with Crippen LogP contribution < -0.4 is 10.6 Å². The molecule has 3 rings (SSSR count). The maximum Gasteiger partial charge on any atom is 0.321 e. The summed E-state index contributed by atoms with van der Waals surface area (Å²) >= 11 is 2.52. The Morgan fingerprint density at radius 1 is 1.28 bits per heavy atom. The third kappa shape index (κ3) is 4.54. The molecule has 0 saturated heterocycles. The largest absolute Gasteiger partial charge is 0.333 e. The van der Waals surface area contributed by atoms with Crippen molar-refractivity contribution in [1.29, 1.82) is 0 Å². The van der Waals surface area contributed by atoms with E-state index in [4.69, 9.17) is 0 Å². The van der Waals surface area contributed by atoms with Gasteiger partial charge in [0.25, 0.3) is 0 Å². The molecular formula is C15H12F2N4O2S2. The van der Waals surface area contributed by atoms with Gasteiger partial charge in [0.1, 0.15) is 0 Å². The van der Waals surface area contributed by atoms with Gasteiger partial charge < -0.3 is 10.3 Å². The number of urea groups is 1. The summed E-state index contributed by atoms with van der Waals surface area (Å²) in [6.45, 7) is 0.338. The van der Waals surface area contributed by atoms with Crippen LogP contribution in [0.5, 0.6) is 0 Å². The molecule has 0 aliphatic carbocycles. The average molecular weight is 382 g/mol. The third-order valence-electron chi connectivity index (χ3n) is 3.10. The summed E-state index contributed by atoms with van der Waals surface area (Å²) in [4.78, 5) is 31.2. The van der Waals surface area contributed by atoms with Crippen LogP contribution in [0, 0.1) is 11.6 Å². The zero-order chi connectivity index (χ0) is 17.8. The van der Waals surface area contributed by atoms with E-state index in [-0.39, 0.29) is 11.3 Å². The summed E-state index contributed by atoms with van der Waals surface area (Å²) < 4.78 is 26.3. The van der Waals surface area contributed by atoms with E-state index in [1.54, 1.807) is 0 Å². The van der Waals surface area contributed by atoms with E-state index in [2.05, 4.69) is 20.6 Å². The molecule has 0 radical (unpaired) electrons. The number of hydrogen-bond donors (Lipinski definition) is 3. The zero-order valence-electron chi connectivity index (χ0n) is 12.6. The van der Waals surface area contributed by atoms with Crippen molar-refractivity contribution in [3.05, 3.63) is 46.2 Å². The highest BCUT2D eigenvalue weighted by molar-refractivity contribution is 7.99. The van der Waals surface area contributed by atoms with Gasteiger partial charge in [-0.15, -0.1) is 11.3 Å². The van der Waals surface area contributed by atoms with Gasteiger partial charge in [0.05, 0.1) is 23.3 Å². The molecule has 25 heavy (non-hydrogen) atoms. The van der Waals surface area contributed by atoms with E-state index in [0.717, 1.165) is 28.8 Å². The number of amides is 3. The van der Waals surface area contributed by atoms with Crippen LogP contribution in [-0.4, -0.2) is 27.7 Å². The van der Waals surface area contributed by atoms with E-state index in [1.165, 1.54) is 11.3 Å². The molecule has 0 bridgehead atoms. The first-order valence-electron chi connectivity index (χ1n) is 7.09. The summed E-state index contributed by atoms with van der Waals surface area (Å²) in [7, 11) is 0. The molecule has 0 unspecified atom stereocenters. The second-order valence-electron chi connectivity index (χ2n) is 4.92. The highest BCUT2D eigenvalue weighted by Gasteiger charge is 2.12. The Balaban J connectivity index is 1.49. The molecule has 0 aliphatic rings. The molecule has 0 fully saturated rings. The number of carbonyl (C=O) groups excluding carboxylic acids is 2. The van der Waals surface area contributed by atoms with Gasteiger partial charge in [0, 0.05) is 17.0 Å². The Bertz CT molecular complexity index is 873. The minimum Gasteiger partial charge on any atom is -0.333 e. The van der Waals surface area contributed by atoms with Crippen molar-refractivity contribution in [2.75, 3.05) is 5.75 Å². The maximum absolute atomic E-state index is 13.2. The number of nitrogens with zero attached hydrogens (tertiary/aromatic N) is 1. The van der Waals surface area contributed by atoms with Crippen molar-refractivity contribution in [2.45, 2.75) is 11.7 Å². The monoisotopic (exact) mass is 382 g/mol. The lowest BCUT2D eigenvalue weighted by atomic mass is 10.3. The van der Waals surface area contributed by atoms with Gasteiger partial charge in [-0.2, -0.15) is 0 Å². The number of halogens is 2. The minimum atomic E-state index is -0.990. The van der Waals surface area contributed by atoms with Gasteiger partial charge in [0.15, 0.2) is 16.8 Å². The second-order valence-corrected chi connectivity index (χ2v) is 6.92. The van der Waals surface area contributed by atoms with Crippen LogP contribution in [0.4, 0.5) is 13.6 Å². The van der Waals surface area contributed by atoms with Crippen molar-refractivity contribution < 1.29 is 18.4 Å². The van der Waals surface area contributed by atoms with Crippen molar-refractivity contribution in [3.8, 4) is 0 Å². The lowest BCUT2D eigenvalue weighted by Gasteiger charge is -2.04. The number of benzene rings is 1. The number of rotatable bonds is 5. The number of H-pyrrole nitrogens is 1. The molecule has 2 heterocycles. The lowest BCUT2D eigenvalue weighted by molar-refractivity contribution is -0.117. The molecule has 2 aromatic heterocycles. The van der Waals surface area contributed by atoms with E-state index >= 15 is 0 Å². The highest BCUT2D eigenvalue weighted by Crippen LogP contribution is 2.21. The molecule has 1 aromatic carbocycles. The molecule has 10 heteroatoms. The topological polar surface area (TPSA) is 86.9 Å². The van der Waals surface area contributed by atoms with Crippen molar-refractivity contribution in [2.24, 2.45) is 0 Å². The first kappa shape index (κ1) is 17.4. The number of aromatic nitrogens is 2. The second kappa shape index (κ2) is 7.62. The van der Waals surface area contributed by atoms with Crippen LogP contribution in [0.25, 0.3) is 11.0 Å². The predicted molar refractivity (Wildman–Crippen MR) is 91.4 cm³/mol. The number of thiophene rings is 1. The average Bonchev–Trinajstić information content (AvgIpc) is 3.21. The molecule has 0 aliphatic heterocycles. The Kier molecular flexibility index (Phi) is 5.29. The summed E-state index contributed by atoms with van der Waals surface area (Å²) in [5.41, 5.74) is 0.589. The number of thioether (sulfide) groups is 1. The number of imide groups is 1. The molecule has 0 atom stereocenters. The van der Waals surface area contributed by atoms with Crippen molar-refractivity contribution in [3.63, 3.8) is 0 Å². The highest BCUT2D eigenvalue weighted by atomic mass is 32.2. The van der Waals surface area contributed by atoms with Crippen LogP contribution in [0.1, 0.15) is 4.88 Å². The fourth-order valence-corrected chi connectivity index (χ4v) is 3.30. The Hall–Kier alpha value is -2.46. The molecule has 3 aromatic rings. The number of imidazole rings is 1. The van der Waals surface area contributed by atoms with Gasteiger partial charge in [-0.3, -0.25) is 10.1 Å². The molecular weight excluding hydrogens is 370 g/mol. The molecule has 0 saturated carbocycles. The summed E-state index contributed by atoms with van der Waals surface area (Å²) in [5, 5.41) is 6.99. The van der Waals surface area contributed by atoms with Crippen LogP contribution in [-0.2, 0) is 11.3 Å². The fourth-order valence-electron chi connectivity index (χ4n) is 1.97. The SMILES string of the molecule is O=C(CSc1nc2cc(F)c(F)cc2[nH]1)NC(=O)NCc1cccs1. The maximum atomic E-state index is 13.2. The van der Waals surface area contributed by atoms with E-state index in [9.17, 15) is 18.4 Å². The van der Waals surface area contributed by atoms with Crippen LogP contribution >= 0.6 is 23.1 Å². The smallest absolute Gasteiger partial charge is 0.321 e. The first-order valence-corrected chi connectivity index (χ1v) is 8.95. The molecule has 130 valence electrons. The number of aromatic amines is 1. The van der Waals surface area contributed by atoms with Crippen molar-refractivity contribution >= 4 is 46.1 Å². The van der Waals surface area contributed by atoms with E-state index in [0.29, 0.717) is 17.2 Å². The summed E-state index contributed by atoms with van der Waals surface area (Å²) in [5.74, 6) is -2.55.